The average Bonchev–Trinajstić information content (AvgIpc) is 2.65. The Hall–Kier alpha value is -1.81. The van der Waals surface area contributed by atoms with E-state index in [0.717, 1.165) is 6.29 Å². The number of thiophene rings is 1. The highest BCUT2D eigenvalue weighted by Crippen LogP contribution is 2.37. The molecule has 0 atom stereocenters. The minimum atomic E-state index is 0.0940. The number of hydrogen-bond donors (Lipinski definition) is 2. The molecule has 0 spiro atoms. The topological polar surface area (TPSA) is 63.3 Å². The summed E-state index contributed by atoms with van der Waals surface area (Å²) in [6.45, 7) is 0. The van der Waals surface area contributed by atoms with Crippen molar-refractivity contribution in [3.05, 3.63) is 34.5 Å². The van der Waals surface area contributed by atoms with E-state index in [-0.39, 0.29) is 5.75 Å². The van der Waals surface area contributed by atoms with Crippen LogP contribution in [-0.4, -0.2) is 11.4 Å². The number of anilines is 1. The van der Waals surface area contributed by atoms with Gasteiger partial charge in [0.05, 0.1) is 0 Å². The summed E-state index contributed by atoms with van der Waals surface area (Å²) in [7, 11) is 0. The Morgan fingerprint density at radius 1 is 1.33 bits per heavy atom. The van der Waals surface area contributed by atoms with Crippen molar-refractivity contribution >= 4 is 23.3 Å². The molecule has 76 valence electrons. The molecular weight excluding hydrogens is 210 g/mol. The van der Waals surface area contributed by atoms with Gasteiger partial charge in [-0.1, -0.05) is 6.07 Å². The van der Waals surface area contributed by atoms with Crippen molar-refractivity contribution in [2.75, 3.05) is 5.73 Å². The summed E-state index contributed by atoms with van der Waals surface area (Å²) in [6.07, 6.45) is 0.762. The second kappa shape index (κ2) is 3.74. The number of aldehydes is 1. The molecule has 0 unspecified atom stereocenters. The summed E-state index contributed by atoms with van der Waals surface area (Å²) >= 11 is 1.41. The van der Waals surface area contributed by atoms with Gasteiger partial charge in [-0.15, -0.1) is 0 Å². The number of hydrogen-bond acceptors (Lipinski definition) is 4. The largest absolute Gasteiger partial charge is 0.507 e. The second-order valence-electron chi connectivity index (χ2n) is 3.10. The molecule has 2 aromatic rings. The van der Waals surface area contributed by atoms with Gasteiger partial charge in [-0.05, 0) is 17.5 Å². The molecule has 1 aromatic heterocycles. The van der Waals surface area contributed by atoms with Crippen LogP contribution in [0, 0.1) is 0 Å². The van der Waals surface area contributed by atoms with Gasteiger partial charge in [-0.3, -0.25) is 4.79 Å². The Bertz CT molecular complexity index is 485. The quantitative estimate of drug-likeness (QED) is 0.602. The first kappa shape index (κ1) is 9.73. The van der Waals surface area contributed by atoms with Gasteiger partial charge in [0.2, 0.25) is 0 Å². The van der Waals surface area contributed by atoms with Crippen LogP contribution in [0.3, 0.4) is 0 Å². The van der Waals surface area contributed by atoms with Gasteiger partial charge >= 0.3 is 0 Å². The first-order valence-electron chi connectivity index (χ1n) is 4.33. The number of phenols is 1. The first-order chi connectivity index (χ1) is 7.24. The molecule has 0 amide bonds. The predicted molar refractivity (Wildman–Crippen MR) is 61.2 cm³/mol. The molecule has 0 bridgehead atoms. The minimum Gasteiger partial charge on any atom is -0.507 e. The molecule has 1 aromatic carbocycles. The molecule has 3 nitrogen and oxygen atoms in total. The fourth-order valence-corrected chi connectivity index (χ4v) is 2.24. The van der Waals surface area contributed by atoms with Crippen molar-refractivity contribution in [3.63, 3.8) is 0 Å². The standard InChI is InChI=1S/C11H9NO2S/c12-9-2-1-3-10(14)11(9)8-6-15-5-7(8)4-13/h1-6,14H,12H2. The lowest BCUT2D eigenvalue weighted by molar-refractivity contribution is 0.112. The van der Waals surface area contributed by atoms with Crippen molar-refractivity contribution in [1.82, 2.24) is 0 Å². The van der Waals surface area contributed by atoms with Crippen molar-refractivity contribution in [2.24, 2.45) is 0 Å². The third-order valence-corrected chi connectivity index (χ3v) is 2.92. The molecule has 0 aliphatic rings. The van der Waals surface area contributed by atoms with Crippen LogP contribution in [0.15, 0.2) is 29.0 Å². The fourth-order valence-electron chi connectivity index (χ4n) is 1.45. The van der Waals surface area contributed by atoms with Crippen LogP contribution < -0.4 is 5.73 Å². The molecule has 4 heteroatoms. The second-order valence-corrected chi connectivity index (χ2v) is 3.84. The molecule has 0 radical (unpaired) electrons. The van der Waals surface area contributed by atoms with Crippen molar-refractivity contribution in [1.29, 1.82) is 0 Å². The predicted octanol–water partition coefficient (Wildman–Crippen LogP) is 2.52. The maximum atomic E-state index is 10.8. The van der Waals surface area contributed by atoms with Gasteiger partial charge in [0.25, 0.3) is 0 Å². The van der Waals surface area contributed by atoms with Gasteiger partial charge in [0.15, 0.2) is 6.29 Å². The van der Waals surface area contributed by atoms with E-state index >= 15 is 0 Å². The average molecular weight is 219 g/mol. The number of nitrogen functional groups attached to an aromatic ring is 1. The van der Waals surface area contributed by atoms with Crippen molar-refractivity contribution in [3.8, 4) is 16.9 Å². The van der Waals surface area contributed by atoms with Crippen molar-refractivity contribution < 1.29 is 9.90 Å². The Labute approximate surface area is 90.8 Å². The van der Waals surface area contributed by atoms with Crippen LogP contribution in [0.5, 0.6) is 5.75 Å². The van der Waals surface area contributed by atoms with E-state index in [4.69, 9.17) is 5.73 Å². The summed E-state index contributed by atoms with van der Waals surface area (Å²) in [5.74, 6) is 0.0940. The van der Waals surface area contributed by atoms with Crippen LogP contribution >= 0.6 is 11.3 Å². The molecule has 0 fully saturated rings. The summed E-state index contributed by atoms with van der Waals surface area (Å²) in [6, 6.07) is 4.92. The summed E-state index contributed by atoms with van der Waals surface area (Å²) in [5.41, 5.74) is 8.00. The maximum absolute atomic E-state index is 10.8. The van der Waals surface area contributed by atoms with Crippen LogP contribution in [0.2, 0.25) is 0 Å². The van der Waals surface area contributed by atoms with Crippen LogP contribution in [0.1, 0.15) is 10.4 Å². The number of benzene rings is 1. The first-order valence-corrected chi connectivity index (χ1v) is 5.27. The maximum Gasteiger partial charge on any atom is 0.151 e. The summed E-state index contributed by atoms with van der Waals surface area (Å²) in [4.78, 5) is 10.8. The van der Waals surface area contributed by atoms with E-state index in [1.807, 2.05) is 0 Å². The highest BCUT2D eigenvalue weighted by molar-refractivity contribution is 7.08. The zero-order chi connectivity index (χ0) is 10.8. The van der Waals surface area contributed by atoms with E-state index < -0.39 is 0 Å². The smallest absolute Gasteiger partial charge is 0.151 e. The lowest BCUT2D eigenvalue weighted by atomic mass is 10.0. The Morgan fingerprint density at radius 2 is 2.13 bits per heavy atom. The van der Waals surface area contributed by atoms with E-state index in [0.29, 0.717) is 22.4 Å². The van der Waals surface area contributed by atoms with Crippen LogP contribution in [0.25, 0.3) is 11.1 Å². The van der Waals surface area contributed by atoms with E-state index in [9.17, 15) is 9.90 Å². The van der Waals surface area contributed by atoms with E-state index in [1.54, 1.807) is 29.0 Å². The van der Waals surface area contributed by atoms with Crippen molar-refractivity contribution in [2.45, 2.75) is 0 Å². The molecular formula is C11H9NO2S. The van der Waals surface area contributed by atoms with Gasteiger partial charge in [-0.25, -0.2) is 0 Å². The molecule has 0 saturated carbocycles. The lowest BCUT2D eigenvalue weighted by Gasteiger charge is -2.06. The Balaban J connectivity index is 2.68. The summed E-state index contributed by atoms with van der Waals surface area (Å²) in [5, 5.41) is 13.2. The van der Waals surface area contributed by atoms with Crippen LogP contribution in [-0.2, 0) is 0 Å². The van der Waals surface area contributed by atoms with E-state index in [2.05, 4.69) is 0 Å². The third-order valence-electron chi connectivity index (χ3n) is 2.16. The highest BCUT2D eigenvalue weighted by atomic mass is 32.1. The molecule has 1 heterocycles. The summed E-state index contributed by atoms with van der Waals surface area (Å²) < 4.78 is 0. The third kappa shape index (κ3) is 1.59. The number of carbonyl (C=O) groups excluding carboxylic acids is 1. The monoisotopic (exact) mass is 219 g/mol. The normalized spacial score (nSPS) is 10.1. The zero-order valence-electron chi connectivity index (χ0n) is 7.81. The molecule has 3 N–H and O–H groups in total. The van der Waals surface area contributed by atoms with Gasteiger partial charge in [-0.2, -0.15) is 11.3 Å². The number of aromatic hydroxyl groups is 1. The number of carbonyl (C=O) groups is 1. The lowest BCUT2D eigenvalue weighted by Crippen LogP contribution is -1.91. The van der Waals surface area contributed by atoms with Gasteiger partial charge in [0, 0.05) is 27.8 Å². The number of rotatable bonds is 2. The Morgan fingerprint density at radius 3 is 2.80 bits per heavy atom. The zero-order valence-corrected chi connectivity index (χ0v) is 8.62. The van der Waals surface area contributed by atoms with Gasteiger partial charge in [0.1, 0.15) is 5.75 Å². The molecule has 2 rings (SSSR count). The number of phenolic OH excluding ortho intramolecular Hbond substituents is 1. The minimum absolute atomic E-state index is 0.0940. The number of nitrogens with two attached hydrogens (primary N) is 1. The van der Waals surface area contributed by atoms with Gasteiger partial charge < -0.3 is 10.8 Å². The SMILES string of the molecule is Nc1cccc(O)c1-c1cscc1C=O. The molecule has 0 saturated heterocycles. The Kier molecular flexibility index (Phi) is 2.43. The molecule has 0 aliphatic heterocycles. The molecule has 15 heavy (non-hydrogen) atoms. The van der Waals surface area contributed by atoms with E-state index in [1.165, 1.54) is 11.3 Å². The molecule has 0 aliphatic carbocycles. The van der Waals surface area contributed by atoms with Crippen LogP contribution in [0.4, 0.5) is 5.69 Å². The highest BCUT2D eigenvalue weighted by Gasteiger charge is 2.12. The fraction of sp³-hybridized carbons (Fsp3) is 0.